The van der Waals surface area contributed by atoms with E-state index in [1.807, 2.05) is 0 Å². The van der Waals surface area contributed by atoms with Crippen molar-refractivity contribution in [2.24, 2.45) is 0 Å². The average molecular weight is 317 g/mol. The van der Waals surface area contributed by atoms with E-state index < -0.39 is 15.8 Å². The van der Waals surface area contributed by atoms with Crippen molar-refractivity contribution in [3.05, 3.63) is 74.3 Å². The molecule has 9 heteroatoms. The lowest BCUT2D eigenvalue weighted by Gasteiger charge is -2.07. The van der Waals surface area contributed by atoms with Gasteiger partial charge in [0.1, 0.15) is 5.75 Å². The van der Waals surface area contributed by atoms with Crippen molar-refractivity contribution in [2.75, 3.05) is 6.73 Å². The van der Waals surface area contributed by atoms with Gasteiger partial charge in [0.05, 0.1) is 9.85 Å². The molecule has 0 heterocycles. The summed E-state index contributed by atoms with van der Waals surface area (Å²) in [5.74, 6) is -0.0959. The number of rotatable bonds is 6. The van der Waals surface area contributed by atoms with E-state index in [0.29, 0.717) is 5.75 Å². The first-order valence-corrected chi connectivity index (χ1v) is 6.37. The van der Waals surface area contributed by atoms with Crippen LogP contribution in [-0.2, 0) is 0 Å². The minimum atomic E-state index is -0.556. The zero-order valence-electron chi connectivity index (χ0n) is 11.7. The van der Waals surface area contributed by atoms with Gasteiger partial charge in [0.15, 0.2) is 6.73 Å². The first-order chi connectivity index (χ1) is 11.0. The predicted octanol–water partition coefficient (Wildman–Crippen LogP) is 2.27. The number of hydrogen-bond donors (Lipinski definition) is 1. The molecule has 2 rings (SSSR count). The van der Waals surface area contributed by atoms with Crippen molar-refractivity contribution < 1.29 is 19.4 Å². The van der Waals surface area contributed by atoms with Crippen molar-refractivity contribution in [1.29, 1.82) is 0 Å². The summed E-state index contributed by atoms with van der Waals surface area (Å²) < 4.78 is 5.23. The molecule has 2 aromatic rings. The number of nitro groups is 2. The van der Waals surface area contributed by atoms with Crippen LogP contribution in [0, 0.1) is 20.2 Å². The first kappa shape index (κ1) is 15.9. The number of hydrogen-bond acceptors (Lipinski definition) is 6. The van der Waals surface area contributed by atoms with Crippen LogP contribution in [0.5, 0.6) is 5.75 Å². The van der Waals surface area contributed by atoms with Gasteiger partial charge in [-0.05, 0) is 24.3 Å². The topological polar surface area (TPSA) is 125 Å². The van der Waals surface area contributed by atoms with Crippen molar-refractivity contribution >= 4 is 17.3 Å². The fraction of sp³-hybridized carbons (Fsp3) is 0.0714. The molecule has 9 nitrogen and oxygen atoms in total. The van der Waals surface area contributed by atoms with E-state index in [2.05, 4.69) is 5.32 Å². The van der Waals surface area contributed by atoms with E-state index in [4.69, 9.17) is 4.74 Å². The monoisotopic (exact) mass is 317 g/mol. The third kappa shape index (κ3) is 4.24. The summed E-state index contributed by atoms with van der Waals surface area (Å²) in [5.41, 5.74) is 0.0823. The van der Waals surface area contributed by atoms with E-state index in [1.165, 1.54) is 48.5 Å². The zero-order chi connectivity index (χ0) is 16.8. The number of carbonyl (C=O) groups excluding carboxylic acids is 1. The summed E-state index contributed by atoms with van der Waals surface area (Å²) in [6.07, 6.45) is 0. The summed E-state index contributed by atoms with van der Waals surface area (Å²) in [6, 6.07) is 10.5. The molecular weight excluding hydrogens is 306 g/mol. The summed E-state index contributed by atoms with van der Waals surface area (Å²) in [4.78, 5) is 31.7. The Balaban J connectivity index is 1.86. The molecule has 0 saturated heterocycles. The molecular formula is C14H11N3O6. The molecule has 0 spiro atoms. The number of nitrogens with one attached hydrogen (secondary N) is 1. The minimum absolute atomic E-state index is 0.0627. The molecule has 0 bridgehead atoms. The van der Waals surface area contributed by atoms with E-state index in [-0.39, 0.29) is 23.7 Å². The minimum Gasteiger partial charge on any atom is -0.473 e. The first-order valence-electron chi connectivity index (χ1n) is 6.37. The largest absolute Gasteiger partial charge is 0.473 e. The fourth-order valence-corrected chi connectivity index (χ4v) is 1.69. The molecule has 0 aliphatic rings. The van der Waals surface area contributed by atoms with Crippen LogP contribution in [0.3, 0.4) is 0 Å². The van der Waals surface area contributed by atoms with Crippen LogP contribution in [0.4, 0.5) is 11.4 Å². The Labute approximate surface area is 129 Å². The van der Waals surface area contributed by atoms with Crippen LogP contribution in [0.15, 0.2) is 48.5 Å². The predicted molar refractivity (Wildman–Crippen MR) is 79.2 cm³/mol. The standard InChI is InChI=1S/C14H11N3O6/c18-14(10-1-3-11(4-2-10)16(19)20)15-9-23-13-7-5-12(6-8-13)17(21)22/h1-8H,9H2,(H,15,18). The van der Waals surface area contributed by atoms with Crippen LogP contribution in [0.2, 0.25) is 0 Å². The molecule has 0 aliphatic carbocycles. The van der Waals surface area contributed by atoms with Crippen molar-refractivity contribution in [1.82, 2.24) is 5.32 Å². The molecule has 1 N–H and O–H groups in total. The second kappa shape index (κ2) is 6.98. The second-order valence-corrected chi connectivity index (χ2v) is 4.35. The van der Waals surface area contributed by atoms with Gasteiger partial charge in [-0.15, -0.1) is 0 Å². The van der Waals surface area contributed by atoms with Crippen molar-refractivity contribution in [3.8, 4) is 5.75 Å². The lowest BCUT2D eigenvalue weighted by molar-refractivity contribution is -0.385. The van der Waals surface area contributed by atoms with Crippen LogP contribution >= 0.6 is 0 Å². The highest BCUT2D eigenvalue weighted by molar-refractivity contribution is 5.94. The summed E-state index contributed by atoms with van der Waals surface area (Å²) in [6.45, 7) is -0.145. The van der Waals surface area contributed by atoms with Crippen LogP contribution < -0.4 is 10.1 Å². The SMILES string of the molecule is O=C(NCOc1ccc([N+](=O)[O-])cc1)c1ccc([N+](=O)[O-])cc1. The van der Waals surface area contributed by atoms with Gasteiger partial charge in [-0.25, -0.2) is 0 Å². The average Bonchev–Trinajstić information content (AvgIpc) is 2.55. The Kier molecular flexibility index (Phi) is 4.82. The van der Waals surface area contributed by atoms with Gasteiger partial charge in [-0.3, -0.25) is 25.0 Å². The third-order valence-corrected chi connectivity index (χ3v) is 2.86. The second-order valence-electron chi connectivity index (χ2n) is 4.35. The fourth-order valence-electron chi connectivity index (χ4n) is 1.69. The Morgan fingerprint density at radius 1 is 0.913 bits per heavy atom. The number of amides is 1. The third-order valence-electron chi connectivity index (χ3n) is 2.86. The molecule has 0 unspecified atom stereocenters. The Morgan fingerprint density at radius 2 is 1.39 bits per heavy atom. The molecule has 0 fully saturated rings. The summed E-state index contributed by atoms with van der Waals surface area (Å²) >= 11 is 0. The van der Waals surface area contributed by atoms with E-state index in [9.17, 15) is 25.0 Å². The smallest absolute Gasteiger partial charge is 0.269 e. The quantitative estimate of drug-likeness (QED) is 0.495. The molecule has 0 aromatic heterocycles. The number of non-ortho nitro benzene ring substituents is 2. The number of ether oxygens (including phenoxy) is 1. The Morgan fingerprint density at radius 3 is 1.87 bits per heavy atom. The van der Waals surface area contributed by atoms with Gasteiger partial charge in [-0.1, -0.05) is 0 Å². The number of nitro benzene ring substituents is 2. The van der Waals surface area contributed by atoms with E-state index in [1.54, 1.807) is 0 Å². The van der Waals surface area contributed by atoms with Gasteiger partial charge in [0.25, 0.3) is 17.3 Å². The molecule has 0 saturated carbocycles. The van der Waals surface area contributed by atoms with E-state index in [0.717, 1.165) is 0 Å². The normalized spacial score (nSPS) is 9.91. The Hall–Kier alpha value is -3.49. The maximum Gasteiger partial charge on any atom is 0.269 e. The van der Waals surface area contributed by atoms with Gasteiger partial charge in [-0.2, -0.15) is 0 Å². The number of benzene rings is 2. The lowest BCUT2D eigenvalue weighted by atomic mass is 10.2. The highest BCUT2D eigenvalue weighted by Gasteiger charge is 2.09. The molecule has 0 aliphatic heterocycles. The lowest BCUT2D eigenvalue weighted by Crippen LogP contribution is -2.27. The van der Waals surface area contributed by atoms with Gasteiger partial charge < -0.3 is 10.1 Å². The van der Waals surface area contributed by atoms with Gasteiger partial charge in [0, 0.05) is 29.8 Å². The van der Waals surface area contributed by atoms with Crippen LogP contribution in [0.25, 0.3) is 0 Å². The molecule has 0 atom stereocenters. The van der Waals surface area contributed by atoms with Crippen molar-refractivity contribution in [3.63, 3.8) is 0 Å². The molecule has 2 aromatic carbocycles. The van der Waals surface area contributed by atoms with Crippen LogP contribution in [0.1, 0.15) is 10.4 Å². The molecule has 118 valence electrons. The summed E-state index contributed by atoms with van der Waals surface area (Å²) in [5, 5.41) is 23.5. The maximum absolute atomic E-state index is 11.8. The Bertz CT molecular complexity index is 727. The van der Waals surface area contributed by atoms with E-state index >= 15 is 0 Å². The van der Waals surface area contributed by atoms with Gasteiger partial charge >= 0.3 is 0 Å². The maximum atomic E-state index is 11.8. The highest BCUT2D eigenvalue weighted by atomic mass is 16.6. The summed E-state index contributed by atoms with van der Waals surface area (Å²) in [7, 11) is 0. The van der Waals surface area contributed by atoms with Crippen molar-refractivity contribution in [2.45, 2.75) is 0 Å². The highest BCUT2D eigenvalue weighted by Crippen LogP contribution is 2.17. The van der Waals surface area contributed by atoms with Crippen LogP contribution in [-0.4, -0.2) is 22.5 Å². The molecule has 1 amide bonds. The number of nitrogens with zero attached hydrogens (tertiary/aromatic N) is 2. The molecule has 23 heavy (non-hydrogen) atoms. The van der Waals surface area contributed by atoms with Gasteiger partial charge in [0.2, 0.25) is 0 Å². The number of carbonyl (C=O) groups is 1. The zero-order valence-corrected chi connectivity index (χ0v) is 11.7. The molecule has 0 radical (unpaired) electrons.